The Morgan fingerprint density at radius 2 is 2.21 bits per heavy atom. The zero-order chi connectivity index (χ0) is 10.7. The first-order chi connectivity index (χ1) is 6.52. The maximum absolute atomic E-state index is 11.2. The summed E-state index contributed by atoms with van der Waals surface area (Å²) in [5.74, 6) is -1.91. The quantitative estimate of drug-likeness (QED) is 0.428. The number of nitrogens with one attached hydrogen (secondary N) is 1. The van der Waals surface area contributed by atoms with Crippen molar-refractivity contribution >= 4 is 17.8 Å². The molecule has 0 radical (unpaired) electrons. The summed E-state index contributed by atoms with van der Waals surface area (Å²) in [6, 6.07) is -0.585. The summed E-state index contributed by atoms with van der Waals surface area (Å²) in [7, 11) is 0. The van der Waals surface area contributed by atoms with Gasteiger partial charge in [-0.25, -0.2) is 0 Å². The summed E-state index contributed by atoms with van der Waals surface area (Å²) in [5, 5.41) is 10.6. The Morgan fingerprint density at radius 3 is 2.64 bits per heavy atom. The second kappa shape index (κ2) is 4.16. The standard InChI is InChI=1S/C7H11N3O4/c8-4-3-10(7(4)14)5(11)1-9-2-6(12)13/h4,9H,1-3,8H2,(H,12,13)/t4-/m0/s1. The van der Waals surface area contributed by atoms with E-state index < -0.39 is 23.8 Å². The maximum atomic E-state index is 11.2. The fourth-order valence-corrected chi connectivity index (χ4v) is 1.05. The molecule has 4 N–H and O–H groups in total. The van der Waals surface area contributed by atoms with E-state index in [4.69, 9.17) is 10.8 Å². The second-order valence-corrected chi connectivity index (χ2v) is 2.95. The summed E-state index contributed by atoms with van der Waals surface area (Å²) in [5.41, 5.74) is 5.27. The lowest BCUT2D eigenvalue weighted by atomic mass is 10.1. The highest BCUT2D eigenvalue weighted by Crippen LogP contribution is 2.06. The van der Waals surface area contributed by atoms with E-state index in [0.717, 1.165) is 4.90 Å². The van der Waals surface area contributed by atoms with Gasteiger partial charge in [0.2, 0.25) is 11.8 Å². The lowest BCUT2D eigenvalue weighted by molar-refractivity contribution is -0.153. The number of carboxylic acid groups (broad SMARTS) is 1. The van der Waals surface area contributed by atoms with Gasteiger partial charge in [-0.05, 0) is 0 Å². The molecule has 0 aromatic heterocycles. The van der Waals surface area contributed by atoms with Crippen LogP contribution in [0.4, 0.5) is 0 Å². The largest absolute Gasteiger partial charge is 0.480 e. The van der Waals surface area contributed by atoms with Crippen LogP contribution in [0.5, 0.6) is 0 Å². The van der Waals surface area contributed by atoms with Crippen molar-refractivity contribution in [1.82, 2.24) is 10.2 Å². The highest BCUT2D eigenvalue weighted by molar-refractivity contribution is 6.03. The van der Waals surface area contributed by atoms with Crippen molar-refractivity contribution in [3.8, 4) is 0 Å². The molecule has 0 aliphatic carbocycles. The van der Waals surface area contributed by atoms with Gasteiger partial charge in [-0.2, -0.15) is 0 Å². The Balaban J connectivity index is 2.23. The molecule has 0 aromatic carbocycles. The molecule has 1 aliphatic rings. The van der Waals surface area contributed by atoms with E-state index in [0.29, 0.717) is 0 Å². The molecular formula is C7H11N3O4. The van der Waals surface area contributed by atoms with E-state index in [1.807, 2.05) is 0 Å². The normalized spacial score (nSPS) is 20.5. The topological polar surface area (TPSA) is 113 Å². The van der Waals surface area contributed by atoms with Gasteiger partial charge >= 0.3 is 5.97 Å². The van der Waals surface area contributed by atoms with Gasteiger partial charge < -0.3 is 10.8 Å². The maximum Gasteiger partial charge on any atom is 0.317 e. The van der Waals surface area contributed by atoms with Crippen LogP contribution in [0.3, 0.4) is 0 Å². The van der Waals surface area contributed by atoms with E-state index in [-0.39, 0.29) is 19.6 Å². The van der Waals surface area contributed by atoms with Gasteiger partial charge in [0.05, 0.1) is 19.6 Å². The summed E-state index contributed by atoms with van der Waals surface area (Å²) in [6.07, 6.45) is 0. The predicted molar refractivity (Wildman–Crippen MR) is 45.2 cm³/mol. The summed E-state index contributed by atoms with van der Waals surface area (Å²) < 4.78 is 0. The van der Waals surface area contributed by atoms with Crippen LogP contribution in [-0.2, 0) is 14.4 Å². The number of nitrogens with zero attached hydrogens (tertiary/aromatic N) is 1. The number of amides is 2. The molecular weight excluding hydrogens is 190 g/mol. The van der Waals surface area contributed by atoms with Gasteiger partial charge in [0, 0.05) is 0 Å². The average molecular weight is 201 g/mol. The summed E-state index contributed by atoms with van der Waals surface area (Å²) in [4.78, 5) is 33.2. The number of carboxylic acids is 1. The Kier molecular flexibility index (Phi) is 3.15. The average Bonchev–Trinajstić information content (AvgIpc) is 2.12. The Hall–Kier alpha value is -1.47. The van der Waals surface area contributed by atoms with Crippen molar-refractivity contribution in [2.45, 2.75) is 6.04 Å². The van der Waals surface area contributed by atoms with E-state index in [9.17, 15) is 14.4 Å². The molecule has 1 heterocycles. The van der Waals surface area contributed by atoms with Gasteiger partial charge in [0.15, 0.2) is 0 Å². The monoisotopic (exact) mass is 201 g/mol. The van der Waals surface area contributed by atoms with Crippen LogP contribution in [0.2, 0.25) is 0 Å². The molecule has 7 heteroatoms. The highest BCUT2D eigenvalue weighted by Gasteiger charge is 2.37. The van der Waals surface area contributed by atoms with Crippen molar-refractivity contribution in [3.63, 3.8) is 0 Å². The van der Waals surface area contributed by atoms with Gasteiger partial charge in [-0.3, -0.25) is 24.6 Å². The van der Waals surface area contributed by atoms with Gasteiger partial charge in [-0.1, -0.05) is 0 Å². The first-order valence-electron chi connectivity index (χ1n) is 4.04. The molecule has 1 rings (SSSR count). The SMILES string of the molecule is N[C@H]1CN(C(=O)CNCC(=O)O)C1=O. The number of likely N-dealkylation sites (tertiary alicyclic amines) is 1. The number of carbonyl (C=O) groups excluding carboxylic acids is 2. The van der Waals surface area contributed by atoms with Gasteiger partial charge in [0.1, 0.15) is 6.04 Å². The Labute approximate surface area is 79.9 Å². The molecule has 0 bridgehead atoms. The van der Waals surface area contributed by atoms with Crippen LogP contribution in [0.1, 0.15) is 0 Å². The minimum absolute atomic E-state index is 0.162. The third kappa shape index (κ3) is 2.27. The lowest BCUT2D eigenvalue weighted by Crippen LogP contribution is -2.64. The first-order valence-corrected chi connectivity index (χ1v) is 4.04. The first kappa shape index (κ1) is 10.6. The molecule has 0 aromatic rings. The fraction of sp³-hybridized carbons (Fsp3) is 0.571. The molecule has 0 unspecified atom stereocenters. The third-order valence-electron chi connectivity index (χ3n) is 1.82. The zero-order valence-corrected chi connectivity index (χ0v) is 7.40. The highest BCUT2D eigenvalue weighted by atomic mass is 16.4. The van der Waals surface area contributed by atoms with E-state index >= 15 is 0 Å². The van der Waals surface area contributed by atoms with Crippen molar-refractivity contribution in [2.75, 3.05) is 19.6 Å². The van der Waals surface area contributed by atoms with Crippen molar-refractivity contribution in [3.05, 3.63) is 0 Å². The lowest BCUT2D eigenvalue weighted by Gasteiger charge is -2.34. The van der Waals surface area contributed by atoms with E-state index in [1.54, 1.807) is 0 Å². The van der Waals surface area contributed by atoms with Crippen molar-refractivity contribution in [2.24, 2.45) is 5.73 Å². The second-order valence-electron chi connectivity index (χ2n) is 2.95. The summed E-state index contributed by atoms with van der Waals surface area (Å²) in [6.45, 7) is -0.253. The number of hydrogen-bond donors (Lipinski definition) is 3. The van der Waals surface area contributed by atoms with Crippen LogP contribution < -0.4 is 11.1 Å². The molecule has 78 valence electrons. The minimum Gasteiger partial charge on any atom is -0.480 e. The molecule has 0 spiro atoms. The number of rotatable bonds is 4. The van der Waals surface area contributed by atoms with Crippen molar-refractivity contribution < 1.29 is 19.5 Å². The molecule has 14 heavy (non-hydrogen) atoms. The van der Waals surface area contributed by atoms with Crippen LogP contribution in [0, 0.1) is 0 Å². The Morgan fingerprint density at radius 1 is 1.57 bits per heavy atom. The smallest absolute Gasteiger partial charge is 0.317 e. The summed E-state index contributed by atoms with van der Waals surface area (Å²) >= 11 is 0. The van der Waals surface area contributed by atoms with Crippen LogP contribution in [0.25, 0.3) is 0 Å². The number of imide groups is 1. The van der Waals surface area contributed by atoms with Crippen LogP contribution in [0.15, 0.2) is 0 Å². The molecule has 0 saturated carbocycles. The van der Waals surface area contributed by atoms with E-state index in [1.165, 1.54) is 0 Å². The minimum atomic E-state index is -1.05. The number of nitrogens with two attached hydrogens (primary N) is 1. The molecule has 1 atom stereocenters. The fourth-order valence-electron chi connectivity index (χ4n) is 1.05. The molecule has 7 nitrogen and oxygen atoms in total. The van der Waals surface area contributed by atoms with Crippen LogP contribution >= 0.6 is 0 Å². The van der Waals surface area contributed by atoms with E-state index in [2.05, 4.69) is 5.32 Å². The van der Waals surface area contributed by atoms with Crippen molar-refractivity contribution in [1.29, 1.82) is 0 Å². The number of aliphatic carboxylic acids is 1. The number of β-lactam (4-membered cyclic amide) rings is 1. The van der Waals surface area contributed by atoms with Crippen LogP contribution in [-0.4, -0.2) is 53.5 Å². The molecule has 1 saturated heterocycles. The van der Waals surface area contributed by atoms with Gasteiger partial charge in [0.25, 0.3) is 0 Å². The van der Waals surface area contributed by atoms with Gasteiger partial charge in [-0.15, -0.1) is 0 Å². The molecule has 2 amide bonds. The molecule has 1 aliphatic heterocycles. The number of carbonyl (C=O) groups is 3. The third-order valence-corrected chi connectivity index (χ3v) is 1.82. The Bertz CT molecular complexity index is 278. The molecule has 1 fully saturated rings. The predicted octanol–water partition coefficient (Wildman–Crippen LogP) is -2.64. The number of hydrogen-bond acceptors (Lipinski definition) is 5. The zero-order valence-electron chi connectivity index (χ0n) is 7.40.